The van der Waals surface area contributed by atoms with Crippen molar-refractivity contribution in [1.82, 2.24) is 15.0 Å². The standard InChI is InChI=1S/C33H29N5O3S/c1-20-7-12-26(13-8-20)42(39,40)41-18-21-15-25(16-21)31-32-29(33(34)36-19-35-32)30(38-31)24-10-9-23-11-14-27(37-28(23)17-24)22-5-3-2-4-6-22/h2-14,17,19,21,25,31H,15-16,18H2,1H3,(H2,34,35,36). The Hall–Kier alpha value is -4.47. The Morgan fingerprint density at radius 1 is 0.905 bits per heavy atom. The van der Waals surface area contributed by atoms with Gasteiger partial charge in [-0.3, -0.25) is 9.18 Å². The van der Waals surface area contributed by atoms with E-state index in [-0.39, 0.29) is 29.4 Å². The summed E-state index contributed by atoms with van der Waals surface area (Å²) in [5.41, 5.74) is 13.5. The average Bonchev–Trinajstić information content (AvgIpc) is 3.37. The van der Waals surface area contributed by atoms with E-state index in [9.17, 15) is 8.42 Å². The molecule has 210 valence electrons. The van der Waals surface area contributed by atoms with E-state index in [1.54, 1.807) is 24.3 Å². The van der Waals surface area contributed by atoms with Gasteiger partial charge in [0.15, 0.2) is 0 Å². The second-order valence-corrected chi connectivity index (χ2v) is 12.7. The summed E-state index contributed by atoms with van der Waals surface area (Å²) >= 11 is 0. The lowest BCUT2D eigenvalue weighted by molar-refractivity contribution is 0.106. The number of anilines is 1. The molecule has 3 aromatic carbocycles. The second kappa shape index (κ2) is 10.4. The van der Waals surface area contributed by atoms with Gasteiger partial charge in [0.25, 0.3) is 10.1 Å². The highest BCUT2D eigenvalue weighted by molar-refractivity contribution is 7.86. The minimum atomic E-state index is -3.79. The molecule has 2 N–H and O–H groups in total. The van der Waals surface area contributed by atoms with Gasteiger partial charge in [-0.25, -0.2) is 15.0 Å². The Bertz CT molecular complexity index is 1940. The first-order chi connectivity index (χ1) is 20.4. The van der Waals surface area contributed by atoms with Crippen LogP contribution >= 0.6 is 0 Å². The molecule has 1 aliphatic heterocycles. The van der Waals surface area contributed by atoms with Crippen molar-refractivity contribution in [1.29, 1.82) is 0 Å². The zero-order valence-electron chi connectivity index (χ0n) is 23.0. The maximum atomic E-state index is 12.6. The van der Waals surface area contributed by atoms with Crippen LogP contribution in [-0.2, 0) is 14.3 Å². The van der Waals surface area contributed by atoms with Crippen molar-refractivity contribution in [2.24, 2.45) is 16.8 Å². The third-order valence-corrected chi connectivity index (χ3v) is 9.51. The summed E-state index contributed by atoms with van der Waals surface area (Å²) in [7, 11) is -3.79. The van der Waals surface area contributed by atoms with Crippen molar-refractivity contribution in [3.8, 4) is 11.3 Å². The van der Waals surface area contributed by atoms with Gasteiger partial charge in [-0.2, -0.15) is 8.42 Å². The van der Waals surface area contributed by atoms with Gasteiger partial charge in [-0.1, -0.05) is 66.2 Å². The van der Waals surface area contributed by atoms with Crippen LogP contribution in [0.15, 0.2) is 101 Å². The van der Waals surface area contributed by atoms with Crippen LogP contribution in [0.5, 0.6) is 0 Å². The van der Waals surface area contributed by atoms with Gasteiger partial charge < -0.3 is 5.73 Å². The molecule has 0 amide bonds. The van der Waals surface area contributed by atoms with Crippen molar-refractivity contribution in [3.63, 3.8) is 0 Å². The Morgan fingerprint density at radius 3 is 2.45 bits per heavy atom. The van der Waals surface area contributed by atoms with Gasteiger partial charge in [0.05, 0.1) is 45.7 Å². The fourth-order valence-electron chi connectivity index (χ4n) is 5.87. The van der Waals surface area contributed by atoms with Crippen molar-refractivity contribution >= 4 is 32.6 Å². The fourth-order valence-corrected chi connectivity index (χ4v) is 6.84. The Morgan fingerprint density at radius 2 is 1.67 bits per heavy atom. The largest absolute Gasteiger partial charge is 0.383 e. The first-order valence-electron chi connectivity index (χ1n) is 14.0. The van der Waals surface area contributed by atoms with Gasteiger partial charge in [0.1, 0.15) is 12.1 Å². The number of nitrogen functional groups attached to an aromatic ring is 1. The number of aromatic nitrogens is 3. The molecule has 2 aliphatic rings. The molecular weight excluding hydrogens is 546 g/mol. The number of aliphatic imine (C=N–C) groups is 1. The predicted octanol–water partition coefficient (Wildman–Crippen LogP) is 5.91. The van der Waals surface area contributed by atoms with Crippen LogP contribution in [0.3, 0.4) is 0 Å². The molecule has 5 aromatic rings. The smallest absolute Gasteiger partial charge is 0.296 e. The lowest BCUT2D eigenvalue weighted by Gasteiger charge is -2.37. The highest BCUT2D eigenvalue weighted by Gasteiger charge is 2.42. The molecule has 0 bridgehead atoms. The SMILES string of the molecule is Cc1ccc(S(=O)(=O)OCC2CC(C3N=C(c4ccc5ccc(-c6ccccc6)nc5c4)c4c(N)ncnc43)C2)cc1. The molecule has 8 nitrogen and oxygen atoms in total. The molecule has 0 saturated heterocycles. The van der Waals surface area contributed by atoms with E-state index >= 15 is 0 Å². The van der Waals surface area contributed by atoms with Crippen molar-refractivity contribution in [3.05, 3.63) is 114 Å². The number of hydrogen-bond acceptors (Lipinski definition) is 8. The van der Waals surface area contributed by atoms with Crippen LogP contribution in [0, 0.1) is 18.8 Å². The summed E-state index contributed by atoms with van der Waals surface area (Å²) in [5, 5.41) is 1.04. The Labute approximate surface area is 244 Å². The molecule has 9 heteroatoms. The number of nitrogens with zero attached hydrogens (tertiary/aromatic N) is 4. The van der Waals surface area contributed by atoms with Crippen molar-refractivity contribution in [2.45, 2.75) is 30.7 Å². The van der Waals surface area contributed by atoms with E-state index in [0.29, 0.717) is 5.82 Å². The summed E-state index contributed by atoms with van der Waals surface area (Å²) < 4.78 is 30.7. The lowest BCUT2D eigenvalue weighted by Crippen LogP contribution is -2.32. The van der Waals surface area contributed by atoms with Crippen molar-refractivity contribution < 1.29 is 12.6 Å². The quantitative estimate of drug-likeness (QED) is 0.240. The van der Waals surface area contributed by atoms with Gasteiger partial charge >= 0.3 is 0 Å². The number of fused-ring (bicyclic) bond motifs is 2. The van der Waals surface area contributed by atoms with E-state index in [1.165, 1.54) is 6.33 Å². The molecule has 1 unspecified atom stereocenters. The summed E-state index contributed by atoms with van der Waals surface area (Å²) in [5.74, 6) is 0.726. The molecule has 2 aromatic heterocycles. The van der Waals surface area contributed by atoms with Gasteiger partial charge in [-0.05, 0) is 55.9 Å². The zero-order valence-corrected chi connectivity index (χ0v) is 23.8. The summed E-state index contributed by atoms with van der Waals surface area (Å²) in [6.45, 7) is 2.06. The average molecular weight is 576 g/mol. The van der Waals surface area contributed by atoms with Gasteiger partial charge in [0, 0.05) is 16.5 Å². The van der Waals surface area contributed by atoms with E-state index in [1.807, 2.05) is 61.5 Å². The molecule has 3 heterocycles. The first-order valence-corrected chi connectivity index (χ1v) is 15.4. The molecular formula is C33H29N5O3S. The predicted molar refractivity (Wildman–Crippen MR) is 163 cm³/mol. The van der Waals surface area contributed by atoms with Crippen molar-refractivity contribution in [2.75, 3.05) is 12.3 Å². The number of rotatable bonds is 7. The fraction of sp³-hybridized carbons (Fsp3) is 0.212. The second-order valence-electron chi connectivity index (χ2n) is 11.1. The molecule has 42 heavy (non-hydrogen) atoms. The highest BCUT2D eigenvalue weighted by Crippen LogP contribution is 2.48. The Kier molecular flexibility index (Phi) is 6.56. The normalized spacial score (nSPS) is 19.7. The van der Waals surface area contributed by atoms with Crippen LogP contribution in [0.2, 0.25) is 0 Å². The molecule has 1 atom stereocenters. The first kappa shape index (κ1) is 26.4. The number of hydrogen-bond donors (Lipinski definition) is 1. The van der Waals surface area contributed by atoms with Crippen LogP contribution in [0.25, 0.3) is 22.2 Å². The number of aryl methyl sites for hydroxylation is 1. The third-order valence-electron chi connectivity index (χ3n) is 8.21. The van der Waals surface area contributed by atoms with Crippen LogP contribution in [0.4, 0.5) is 5.82 Å². The number of pyridine rings is 1. The van der Waals surface area contributed by atoms with Crippen LogP contribution < -0.4 is 5.73 Å². The van der Waals surface area contributed by atoms with E-state index in [4.69, 9.17) is 19.9 Å². The monoisotopic (exact) mass is 575 g/mol. The summed E-state index contributed by atoms with van der Waals surface area (Å²) in [4.78, 5) is 19.1. The molecule has 1 saturated carbocycles. The zero-order chi connectivity index (χ0) is 28.8. The van der Waals surface area contributed by atoms with Gasteiger partial charge in [-0.15, -0.1) is 0 Å². The number of nitrogens with two attached hydrogens (primary N) is 1. The Balaban J connectivity index is 1.12. The molecule has 0 spiro atoms. The molecule has 7 rings (SSSR count). The lowest BCUT2D eigenvalue weighted by atomic mass is 9.71. The van der Waals surface area contributed by atoms with E-state index in [0.717, 1.165) is 63.1 Å². The topological polar surface area (TPSA) is 120 Å². The van der Waals surface area contributed by atoms with E-state index in [2.05, 4.69) is 16.0 Å². The highest BCUT2D eigenvalue weighted by atomic mass is 32.2. The summed E-state index contributed by atoms with van der Waals surface area (Å²) in [6.07, 6.45) is 3.06. The molecule has 1 fully saturated rings. The molecule has 1 aliphatic carbocycles. The minimum absolute atomic E-state index is 0.124. The minimum Gasteiger partial charge on any atom is -0.383 e. The summed E-state index contributed by atoms with van der Waals surface area (Å²) in [6, 6.07) is 26.9. The maximum Gasteiger partial charge on any atom is 0.296 e. The third kappa shape index (κ3) is 4.84. The van der Waals surface area contributed by atoms with Crippen LogP contribution in [-0.4, -0.2) is 35.7 Å². The maximum absolute atomic E-state index is 12.6. The van der Waals surface area contributed by atoms with Gasteiger partial charge in [0.2, 0.25) is 0 Å². The number of benzene rings is 3. The van der Waals surface area contributed by atoms with E-state index < -0.39 is 10.1 Å². The molecule has 0 radical (unpaired) electrons. The van der Waals surface area contributed by atoms with Crippen LogP contribution in [0.1, 0.15) is 41.3 Å².